The topological polar surface area (TPSA) is 56.2 Å². The fourth-order valence-corrected chi connectivity index (χ4v) is 2.36. The number of rotatable bonds is 9. The quantitative estimate of drug-likeness (QED) is 0.707. The molecule has 0 radical (unpaired) electrons. The molecule has 0 unspecified atom stereocenters. The van der Waals surface area contributed by atoms with Crippen LogP contribution in [0, 0.1) is 0 Å². The highest BCUT2D eigenvalue weighted by Gasteiger charge is 2.12. The number of amides is 1. The number of halogens is 1. The summed E-state index contributed by atoms with van der Waals surface area (Å²) in [5.41, 5.74) is 0.479. The summed E-state index contributed by atoms with van der Waals surface area (Å²) < 4.78 is 7.14. The van der Waals surface area contributed by atoms with Crippen LogP contribution in [0.15, 0.2) is 36.5 Å². The first kappa shape index (κ1) is 17.3. The minimum absolute atomic E-state index is 0.134. The molecular formula is C17H22ClN3O2. The maximum absolute atomic E-state index is 12.2. The summed E-state index contributed by atoms with van der Waals surface area (Å²) in [6, 6.07) is 8.88. The van der Waals surface area contributed by atoms with Crippen LogP contribution in [-0.2, 0) is 6.73 Å². The van der Waals surface area contributed by atoms with Crippen LogP contribution in [-0.4, -0.2) is 22.2 Å². The van der Waals surface area contributed by atoms with Crippen molar-refractivity contribution in [3.63, 3.8) is 0 Å². The zero-order valence-corrected chi connectivity index (χ0v) is 14.1. The van der Waals surface area contributed by atoms with E-state index in [1.807, 2.05) is 12.1 Å². The van der Waals surface area contributed by atoms with Crippen molar-refractivity contribution in [2.45, 2.75) is 39.3 Å². The lowest BCUT2D eigenvalue weighted by Gasteiger charge is -2.11. The highest BCUT2D eigenvalue weighted by Crippen LogP contribution is 2.23. The Balaban J connectivity index is 1.86. The maximum atomic E-state index is 12.2. The fourth-order valence-electron chi connectivity index (χ4n) is 2.17. The van der Waals surface area contributed by atoms with Gasteiger partial charge in [-0.05, 0) is 24.6 Å². The molecule has 0 aliphatic carbocycles. The molecule has 0 bridgehead atoms. The maximum Gasteiger partial charge on any atom is 0.269 e. The van der Waals surface area contributed by atoms with Gasteiger partial charge in [-0.3, -0.25) is 4.79 Å². The summed E-state index contributed by atoms with van der Waals surface area (Å²) in [5.74, 6) is 0.428. The normalized spacial score (nSPS) is 10.5. The molecule has 124 valence electrons. The molecule has 0 fully saturated rings. The zero-order valence-electron chi connectivity index (χ0n) is 13.3. The van der Waals surface area contributed by atoms with Gasteiger partial charge in [0.2, 0.25) is 0 Å². The first-order valence-electron chi connectivity index (χ1n) is 7.89. The van der Waals surface area contributed by atoms with E-state index < -0.39 is 0 Å². The highest BCUT2D eigenvalue weighted by molar-refractivity contribution is 6.32. The summed E-state index contributed by atoms with van der Waals surface area (Å²) in [4.78, 5) is 12.2. The minimum Gasteiger partial charge on any atom is -0.470 e. The van der Waals surface area contributed by atoms with Crippen molar-refractivity contribution >= 4 is 17.5 Å². The lowest BCUT2D eigenvalue weighted by Crippen LogP contribution is -2.27. The molecule has 23 heavy (non-hydrogen) atoms. The van der Waals surface area contributed by atoms with E-state index in [9.17, 15) is 4.79 Å². The molecule has 2 rings (SSSR count). The fraction of sp³-hybridized carbons (Fsp3) is 0.412. The Morgan fingerprint density at radius 2 is 2.09 bits per heavy atom. The van der Waals surface area contributed by atoms with Gasteiger partial charge in [0.25, 0.3) is 5.91 Å². The third kappa shape index (κ3) is 5.28. The number of aromatic nitrogens is 2. The molecule has 0 aliphatic heterocycles. The van der Waals surface area contributed by atoms with Crippen LogP contribution in [0.5, 0.6) is 5.75 Å². The third-order valence-electron chi connectivity index (χ3n) is 3.44. The molecule has 0 aliphatic rings. The van der Waals surface area contributed by atoms with Crippen molar-refractivity contribution in [1.29, 1.82) is 0 Å². The van der Waals surface area contributed by atoms with Crippen LogP contribution in [0.2, 0.25) is 5.02 Å². The van der Waals surface area contributed by atoms with E-state index in [0.717, 1.165) is 12.8 Å². The second-order valence-electron chi connectivity index (χ2n) is 5.24. The van der Waals surface area contributed by atoms with Crippen molar-refractivity contribution in [3.05, 3.63) is 47.2 Å². The Hall–Kier alpha value is -2.01. The van der Waals surface area contributed by atoms with Gasteiger partial charge >= 0.3 is 0 Å². The van der Waals surface area contributed by atoms with Crippen LogP contribution in [0.4, 0.5) is 0 Å². The van der Waals surface area contributed by atoms with Crippen molar-refractivity contribution in [1.82, 2.24) is 15.1 Å². The Labute approximate surface area is 141 Å². The van der Waals surface area contributed by atoms with E-state index >= 15 is 0 Å². The predicted molar refractivity (Wildman–Crippen MR) is 90.8 cm³/mol. The number of ether oxygens (including phenoxy) is 1. The van der Waals surface area contributed by atoms with E-state index in [1.54, 1.807) is 24.4 Å². The largest absolute Gasteiger partial charge is 0.470 e. The van der Waals surface area contributed by atoms with E-state index in [1.165, 1.54) is 17.5 Å². The number of unbranched alkanes of at least 4 members (excludes halogenated alkanes) is 3. The second kappa shape index (κ2) is 9.20. The molecule has 0 saturated heterocycles. The number of carbonyl (C=O) groups is 1. The predicted octanol–water partition coefficient (Wildman–Crippen LogP) is 3.88. The van der Waals surface area contributed by atoms with Crippen molar-refractivity contribution in [3.8, 4) is 5.75 Å². The number of carbonyl (C=O) groups excluding carboxylic acids is 1. The van der Waals surface area contributed by atoms with Crippen LogP contribution in [0.3, 0.4) is 0 Å². The lowest BCUT2D eigenvalue weighted by atomic mass is 10.2. The van der Waals surface area contributed by atoms with Gasteiger partial charge < -0.3 is 10.1 Å². The van der Waals surface area contributed by atoms with Crippen LogP contribution in [0.25, 0.3) is 0 Å². The Kier molecular flexibility index (Phi) is 6.94. The Morgan fingerprint density at radius 3 is 2.87 bits per heavy atom. The van der Waals surface area contributed by atoms with E-state index in [2.05, 4.69) is 17.3 Å². The van der Waals surface area contributed by atoms with Gasteiger partial charge in [0.1, 0.15) is 11.4 Å². The van der Waals surface area contributed by atoms with Gasteiger partial charge in [-0.25, -0.2) is 4.68 Å². The van der Waals surface area contributed by atoms with Gasteiger partial charge in [0, 0.05) is 12.7 Å². The second-order valence-corrected chi connectivity index (χ2v) is 5.64. The first-order valence-corrected chi connectivity index (χ1v) is 8.27. The average molecular weight is 336 g/mol. The van der Waals surface area contributed by atoms with Gasteiger partial charge in [0.15, 0.2) is 6.73 Å². The molecule has 5 nitrogen and oxygen atoms in total. The summed E-state index contributed by atoms with van der Waals surface area (Å²) in [5, 5.41) is 7.57. The number of hydrogen-bond acceptors (Lipinski definition) is 3. The molecule has 0 saturated carbocycles. The minimum atomic E-state index is -0.137. The van der Waals surface area contributed by atoms with Crippen molar-refractivity contribution in [2.75, 3.05) is 6.54 Å². The molecule has 1 aromatic heterocycles. The Bertz CT molecular complexity index is 628. The molecule has 2 aromatic rings. The van der Waals surface area contributed by atoms with E-state index in [0.29, 0.717) is 23.0 Å². The molecule has 1 aromatic carbocycles. The number of nitrogens with one attached hydrogen (secondary N) is 1. The van der Waals surface area contributed by atoms with Gasteiger partial charge in [0.05, 0.1) is 5.02 Å². The molecule has 0 spiro atoms. The lowest BCUT2D eigenvalue weighted by molar-refractivity contribution is 0.0931. The standard InChI is InChI=1S/C17H22ClN3O2/c1-2-3-4-7-11-19-17(22)15-10-12-20-21(15)13-23-16-9-6-5-8-14(16)18/h5-6,8-10,12H,2-4,7,11,13H2,1H3,(H,19,22). The molecule has 0 atom stereocenters. The van der Waals surface area contributed by atoms with Gasteiger partial charge in [-0.15, -0.1) is 0 Å². The van der Waals surface area contributed by atoms with Crippen molar-refractivity contribution in [2.24, 2.45) is 0 Å². The summed E-state index contributed by atoms with van der Waals surface area (Å²) >= 11 is 6.04. The first-order chi connectivity index (χ1) is 11.2. The molecule has 1 heterocycles. The third-order valence-corrected chi connectivity index (χ3v) is 3.76. The summed E-state index contributed by atoms with van der Waals surface area (Å²) in [6.07, 6.45) is 6.08. The smallest absolute Gasteiger partial charge is 0.269 e. The molecular weight excluding hydrogens is 314 g/mol. The number of hydrogen-bond donors (Lipinski definition) is 1. The summed E-state index contributed by atoms with van der Waals surface area (Å²) in [7, 11) is 0. The number of para-hydroxylation sites is 1. The molecule has 1 amide bonds. The highest BCUT2D eigenvalue weighted by atomic mass is 35.5. The monoisotopic (exact) mass is 335 g/mol. The van der Waals surface area contributed by atoms with Gasteiger partial charge in [-0.2, -0.15) is 5.10 Å². The summed E-state index contributed by atoms with van der Waals surface area (Å²) in [6.45, 7) is 2.97. The van der Waals surface area contributed by atoms with E-state index in [4.69, 9.17) is 16.3 Å². The molecule has 1 N–H and O–H groups in total. The van der Waals surface area contributed by atoms with E-state index in [-0.39, 0.29) is 12.6 Å². The van der Waals surface area contributed by atoms with Crippen molar-refractivity contribution < 1.29 is 9.53 Å². The van der Waals surface area contributed by atoms with Gasteiger partial charge in [-0.1, -0.05) is 49.9 Å². The number of benzene rings is 1. The van der Waals surface area contributed by atoms with Crippen LogP contribution >= 0.6 is 11.6 Å². The average Bonchev–Trinajstić information content (AvgIpc) is 3.02. The number of nitrogens with zero attached hydrogens (tertiary/aromatic N) is 2. The SMILES string of the molecule is CCCCCCNC(=O)c1ccnn1COc1ccccc1Cl. The molecule has 6 heteroatoms. The van der Waals surface area contributed by atoms with Crippen LogP contribution in [0.1, 0.15) is 43.1 Å². The zero-order chi connectivity index (χ0) is 16.5. The Morgan fingerprint density at radius 1 is 1.26 bits per heavy atom. The van der Waals surface area contributed by atoms with Crippen LogP contribution < -0.4 is 10.1 Å².